The Morgan fingerprint density at radius 2 is 2.33 bits per heavy atom. The van der Waals surface area contributed by atoms with E-state index in [-0.39, 0.29) is 0 Å². The van der Waals surface area contributed by atoms with Crippen molar-refractivity contribution < 1.29 is 4.79 Å². The van der Waals surface area contributed by atoms with Crippen LogP contribution in [0.15, 0.2) is 24.4 Å². The molecule has 1 aliphatic carbocycles. The van der Waals surface area contributed by atoms with Gasteiger partial charge in [0.2, 0.25) is 0 Å². The first kappa shape index (κ1) is 10.3. The van der Waals surface area contributed by atoms with Gasteiger partial charge in [0.1, 0.15) is 5.78 Å². The molecule has 80 valence electrons. The molecule has 3 nitrogen and oxygen atoms in total. The summed E-state index contributed by atoms with van der Waals surface area (Å²) >= 11 is 0. The third kappa shape index (κ3) is 3.13. The molecule has 0 amide bonds. The molecule has 0 N–H and O–H groups in total. The summed E-state index contributed by atoms with van der Waals surface area (Å²) in [6.45, 7) is 1.31. The Kier molecular flexibility index (Phi) is 3.11. The number of likely N-dealkylation sites (N-methyl/N-ethyl adjacent to an activating group) is 1. The molecule has 0 bridgehead atoms. The summed E-state index contributed by atoms with van der Waals surface area (Å²) in [5, 5.41) is 0. The van der Waals surface area contributed by atoms with Gasteiger partial charge in [0.25, 0.3) is 0 Å². The normalized spacial score (nSPS) is 15.6. The van der Waals surface area contributed by atoms with Gasteiger partial charge in [-0.3, -0.25) is 14.7 Å². The van der Waals surface area contributed by atoms with Crippen LogP contribution >= 0.6 is 0 Å². The number of carbonyl (C=O) groups is 1. The zero-order valence-electron chi connectivity index (χ0n) is 9.02. The topological polar surface area (TPSA) is 33.2 Å². The van der Waals surface area contributed by atoms with Crippen molar-refractivity contribution in [2.45, 2.75) is 19.4 Å². The van der Waals surface area contributed by atoms with Crippen LogP contribution in [0.25, 0.3) is 0 Å². The highest BCUT2D eigenvalue weighted by Crippen LogP contribution is 2.29. The molecule has 0 saturated heterocycles. The average Bonchev–Trinajstić information content (AvgIpc) is 3.01. The fourth-order valence-corrected chi connectivity index (χ4v) is 1.62. The zero-order valence-corrected chi connectivity index (χ0v) is 9.02. The Labute approximate surface area is 90.1 Å². The third-order valence-electron chi connectivity index (χ3n) is 2.62. The highest BCUT2D eigenvalue weighted by atomic mass is 16.1. The number of nitrogens with zero attached hydrogens (tertiary/aromatic N) is 2. The van der Waals surface area contributed by atoms with Crippen LogP contribution in [0.4, 0.5) is 0 Å². The van der Waals surface area contributed by atoms with E-state index in [0.717, 1.165) is 25.1 Å². The molecule has 2 rings (SSSR count). The minimum Gasteiger partial charge on any atom is -0.298 e. The van der Waals surface area contributed by atoms with Gasteiger partial charge in [0.15, 0.2) is 0 Å². The monoisotopic (exact) mass is 204 g/mol. The average molecular weight is 204 g/mol. The molecule has 1 aliphatic rings. The number of aromatic nitrogens is 1. The van der Waals surface area contributed by atoms with E-state index in [0.29, 0.717) is 18.2 Å². The quantitative estimate of drug-likeness (QED) is 0.728. The lowest BCUT2D eigenvalue weighted by molar-refractivity contribution is -0.121. The van der Waals surface area contributed by atoms with Crippen LogP contribution in [0.5, 0.6) is 0 Å². The fraction of sp³-hybridized carbons (Fsp3) is 0.500. The minimum atomic E-state index is 0.358. The van der Waals surface area contributed by atoms with Crippen LogP contribution < -0.4 is 0 Å². The molecule has 1 saturated carbocycles. The number of Topliss-reactive ketones (excluding diaryl/α,β-unsaturated/α-hetero) is 1. The van der Waals surface area contributed by atoms with Gasteiger partial charge in [-0.05, 0) is 32.0 Å². The van der Waals surface area contributed by atoms with Gasteiger partial charge < -0.3 is 0 Å². The zero-order chi connectivity index (χ0) is 10.7. The number of hydrogen-bond acceptors (Lipinski definition) is 3. The van der Waals surface area contributed by atoms with E-state index in [1.807, 2.05) is 30.1 Å². The van der Waals surface area contributed by atoms with Crippen molar-refractivity contribution in [2.24, 2.45) is 5.92 Å². The highest BCUT2D eigenvalue weighted by molar-refractivity contribution is 5.84. The molecule has 1 aromatic rings. The molecule has 0 radical (unpaired) electrons. The summed E-state index contributed by atoms with van der Waals surface area (Å²) < 4.78 is 0. The molecule has 0 atom stereocenters. The summed E-state index contributed by atoms with van der Waals surface area (Å²) in [6, 6.07) is 5.86. The van der Waals surface area contributed by atoms with E-state index in [1.165, 1.54) is 0 Å². The molecule has 3 heteroatoms. The number of ketones is 1. The first-order valence-corrected chi connectivity index (χ1v) is 5.37. The lowest BCUT2D eigenvalue weighted by Gasteiger charge is -2.14. The van der Waals surface area contributed by atoms with E-state index in [9.17, 15) is 4.79 Å². The molecule has 1 fully saturated rings. The summed E-state index contributed by atoms with van der Waals surface area (Å²) in [5.74, 6) is 0.740. The Balaban J connectivity index is 1.81. The predicted molar refractivity (Wildman–Crippen MR) is 58.3 cm³/mol. The van der Waals surface area contributed by atoms with E-state index in [1.54, 1.807) is 6.20 Å². The van der Waals surface area contributed by atoms with Crippen LogP contribution in [0.3, 0.4) is 0 Å². The lowest BCUT2D eigenvalue weighted by Crippen LogP contribution is -2.26. The SMILES string of the molecule is CN(CC(=O)C1CC1)Cc1ccccn1. The summed E-state index contributed by atoms with van der Waals surface area (Å²) in [5.41, 5.74) is 1.02. The minimum absolute atomic E-state index is 0.358. The van der Waals surface area contributed by atoms with Crippen molar-refractivity contribution in [1.82, 2.24) is 9.88 Å². The van der Waals surface area contributed by atoms with Crippen molar-refractivity contribution in [3.63, 3.8) is 0 Å². The summed E-state index contributed by atoms with van der Waals surface area (Å²) in [7, 11) is 1.97. The van der Waals surface area contributed by atoms with Gasteiger partial charge in [-0.25, -0.2) is 0 Å². The van der Waals surface area contributed by atoms with Gasteiger partial charge in [-0.1, -0.05) is 6.07 Å². The molecular weight excluding hydrogens is 188 g/mol. The predicted octanol–water partition coefficient (Wildman–Crippen LogP) is 1.49. The second-order valence-electron chi connectivity index (χ2n) is 4.23. The lowest BCUT2D eigenvalue weighted by atomic mass is 10.2. The summed E-state index contributed by atoms with van der Waals surface area (Å²) in [6.07, 6.45) is 3.97. The van der Waals surface area contributed by atoms with E-state index in [2.05, 4.69) is 4.98 Å². The van der Waals surface area contributed by atoms with Crippen molar-refractivity contribution in [1.29, 1.82) is 0 Å². The first-order chi connectivity index (χ1) is 7.25. The van der Waals surface area contributed by atoms with Crippen LogP contribution in [0, 0.1) is 5.92 Å². The number of carbonyl (C=O) groups excluding carboxylic acids is 1. The Morgan fingerprint density at radius 3 is 2.93 bits per heavy atom. The van der Waals surface area contributed by atoms with E-state index in [4.69, 9.17) is 0 Å². The molecule has 0 aliphatic heterocycles. The van der Waals surface area contributed by atoms with Crippen molar-refractivity contribution in [3.05, 3.63) is 30.1 Å². The molecule has 1 aromatic heterocycles. The second-order valence-corrected chi connectivity index (χ2v) is 4.23. The van der Waals surface area contributed by atoms with Gasteiger partial charge in [-0.2, -0.15) is 0 Å². The van der Waals surface area contributed by atoms with E-state index >= 15 is 0 Å². The molecule has 0 unspecified atom stereocenters. The van der Waals surface area contributed by atoms with Gasteiger partial charge in [-0.15, -0.1) is 0 Å². The molecular formula is C12H16N2O. The van der Waals surface area contributed by atoms with Gasteiger partial charge in [0.05, 0.1) is 12.2 Å². The third-order valence-corrected chi connectivity index (χ3v) is 2.62. The van der Waals surface area contributed by atoms with Gasteiger partial charge in [0, 0.05) is 18.7 Å². The van der Waals surface area contributed by atoms with Crippen LogP contribution in [-0.2, 0) is 11.3 Å². The smallest absolute Gasteiger partial charge is 0.149 e. The highest BCUT2D eigenvalue weighted by Gasteiger charge is 2.29. The number of hydrogen-bond donors (Lipinski definition) is 0. The Morgan fingerprint density at radius 1 is 1.53 bits per heavy atom. The van der Waals surface area contributed by atoms with Crippen molar-refractivity contribution >= 4 is 5.78 Å². The van der Waals surface area contributed by atoms with Gasteiger partial charge >= 0.3 is 0 Å². The Hall–Kier alpha value is -1.22. The largest absolute Gasteiger partial charge is 0.298 e. The maximum atomic E-state index is 11.5. The molecule has 15 heavy (non-hydrogen) atoms. The summed E-state index contributed by atoms with van der Waals surface area (Å²) in [4.78, 5) is 17.8. The maximum Gasteiger partial charge on any atom is 0.149 e. The van der Waals surface area contributed by atoms with Crippen LogP contribution in [0.2, 0.25) is 0 Å². The second kappa shape index (κ2) is 4.53. The Bertz CT molecular complexity index is 333. The van der Waals surface area contributed by atoms with Crippen molar-refractivity contribution in [3.8, 4) is 0 Å². The maximum absolute atomic E-state index is 11.5. The molecule has 0 spiro atoms. The van der Waals surface area contributed by atoms with Crippen LogP contribution in [0.1, 0.15) is 18.5 Å². The fourth-order valence-electron chi connectivity index (χ4n) is 1.62. The molecule has 0 aromatic carbocycles. The van der Waals surface area contributed by atoms with Crippen molar-refractivity contribution in [2.75, 3.05) is 13.6 Å². The van der Waals surface area contributed by atoms with Crippen LogP contribution in [-0.4, -0.2) is 29.3 Å². The first-order valence-electron chi connectivity index (χ1n) is 5.37. The van der Waals surface area contributed by atoms with E-state index < -0.39 is 0 Å². The number of pyridine rings is 1. The standard InChI is InChI=1S/C12H16N2O/c1-14(9-12(15)10-5-6-10)8-11-4-2-3-7-13-11/h2-4,7,10H,5-6,8-9H2,1H3. The number of rotatable bonds is 5. The molecule has 1 heterocycles.